The van der Waals surface area contributed by atoms with Crippen LogP contribution in [0.1, 0.15) is 6.92 Å². The molecule has 0 aliphatic rings. The van der Waals surface area contributed by atoms with Gasteiger partial charge in [0.25, 0.3) is 5.67 Å². The molecule has 0 aromatic heterocycles. The van der Waals surface area contributed by atoms with Crippen LogP contribution in [0.15, 0.2) is 36.5 Å². The van der Waals surface area contributed by atoms with E-state index < -0.39 is 18.2 Å². The Labute approximate surface area is 81.9 Å². The van der Waals surface area contributed by atoms with Crippen molar-refractivity contribution in [2.75, 3.05) is 6.61 Å². The molecule has 1 unspecified atom stereocenters. The average molecular weight is 200 g/mol. The van der Waals surface area contributed by atoms with Crippen LogP contribution in [0.25, 0.3) is 0 Å². The van der Waals surface area contributed by atoms with Crippen LogP contribution in [0.3, 0.4) is 0 Å². The number of hydrogen-bond donors (Lipinski definition) is 2. The maximum absolute atomic E-state index is 13.6. The molecule has 0 spiro atoms. The third kappa shape index (κ3) is 2.53. The number of carbonyl (C=O) groups is 1. The lowest BCUT2D eigenvalue weighted by Gasteiger charge is -2.18. The normalized spacial score (nSPS) is 16.6. The van der Waals surface area contributed by atoms with Crippen molar-refractivity contribution in [3.05, 3.63) is 36.5 Å². The standard InChI is InChI=1S/C10H13FO3/c1-3-5-6-8(4-2)10(11,7-12)9(13)14/h3-6,12H,1,7H2,2H3,(H,13,14)/b6-5-,8-4+. The van der Waals surface area contributed by atoms with E-state index >= 15 is 0 Å². The molecule has 0 fully saturated rings. The summed E-state index contributed by atoms with van der Waals surface area (Å²) in [6.07, 6.45) is 5.35. The minimum Gasteiger partial charge on any atom is -0.479 e. The summed E-state index contributed by atoms with van der Waals surface area (Å²) in [6, 6.07) is 0. The maximum atomic E-state index is 13.6. The van der Waals surface area contributed by atoms with Crippen molar-refractivity contribution >= 4 is 5.97 Å². The van der Waals surface area contributed by atoms with E-state index in [0.29, 0.717) is 0 Å². The number of allylic oxidation sites excluding steroid dienone is 4. The van der Waals surface area contributed by atoms with Gasteiger partial charge in [-0.1, -0.05) is 30.9 Å². The summed E-state index contributed by atoms with van der Waals surface area (Å²) in [6.45, 7) is 3.78. The zero-order valence-corrected chi connectivity index (χ0v) is 7.90. The molecule has 0 heterocycles. The fourth-order valence-corrected chi connectivity index (χ4v) is 0.911. The Balaban J connectivity index is 5.08. The summed E-state index contributed by atoms with van der Waals surface area (Å²) in [5.41, 5.74) is -2.85. The highest BCUT2D eigenvalue weighted by Crippen LogP contribution is 2.23. The van der Waals surface area contributed by atoms with Crippen molar-refractivity contribution < 1.29 is 19.4 Å². The second-order valence-electron chi connectivity index (χ2n) is 2.60. The Morgan fingerprint density at radius 3 is 2.50 bits per heavy atom. The molecule has 3 nitrogen and oxygen atoms in total. The lowest BCUT2D eigenvalue weighted by Crippen LogP contribution is -2.39. The van der Waals surface area contributed by atoms with E-state index in [0.717, 1.165) is 0 Å². The van der Waals surface area contributed by atoms with Crippen LogP contribution in [0, 0.1) is 0 Å². The van der Waals surface area contributed by atoms with Crippen molar-refractivity contribution in [2.24, 2.45) is 0 Å². The van der Waals surface area contributed by atoms with Gasteiger partial charge in [0.15, 0.2) is 0 Å². The van der Waals surface area contributed by atoms with Gasteiger partial charge in [0.05, 0.1) is 6.61 Å². The summed E-state index contributed by atoms with van der Waals surface area (Å²) < 4.78 is 13.6. The monoisotopic (exact) mass is 200 g/mol. The number of halogens is 1. The quantitative estimate of drug-likeness (QED) is 0.660. The molecule has 0 bridgehead atoms. The molecule has 0 aliphatic heterocycles. The van der Waals surface area contributed by atoms with Gasteiger partial charge in [0.1, 0.15) is 0 Å². The van der Waals surface area contributed by atoms with E-state index in [2.05, 4.69) is 6.58 Å². The minimum absolute atomic E-state index is 0.104. The van der Waals surface area contributed by atoms with Crippen molar-refractivity contribution in [1.29, 1.82) is 0 Å². The summed E-state index contributed by atoms with van der Waals surface area (Å²) in [7, 11) is 0. The maximum Gasteiger partial charge on any atom is 0.348 e. The second kappa shape index (κ2) is 5.34. The number of carboxylic acid groups (broad SMARTS) is 1. The van der Waals surface area contributed by atoms with Gasteiger partial charge in [-0.25, -0.2) is 9.18 Å². The Kier molecular flexibility index (Phi) is 4.80. The molecule has 0 aromatic rings. The number of alkyl halides is 1. The Morgan fingerprint density at radius 2 is 2.21 bits per heavy atom. The summed E-state index contributed by atoms with van der Waals surface area (Å²) >= 11 is 0. The van der Waals surface area contributed by atoms with Gasteiger partial charge in [-0.2, -0.15) is 0 Å². The zero-order chi connectivity index (χ0) is 11.2. The van der Waals surface area contributed by atoms with Gasteiger partial charge in [-0.15, -0.1) is 0 Å². The first-order valence-corrected chi connectivity index (χ1v) is 4.02. The smallest absolute Gasteiger partial charge is 0.348 e. The first-order chi connectivity index (χ1) is 6.52. The molecule has 0 aromatic carbocycles. The van der Waals surface area contributed by atoms with Crippen LogP contribution in [0.5, 0.6) is 0 Å². The van der Waals surface area contributed by atoms with E-state index in [1.807, 2.05) is 0 Å². The fourth-order valence-electron chi connectivity index (χ4n) is 0.911. The van der Waals surface area contributed by atoms with E-state index in [-0.39, 0.29) is 5.57 Å². The highest BCUT2D eigenvalue weighted by Gasteiger charge is 2.40. The highest BCUT2D eigenvalue weighted by atomic mass is 19.1. The molecule has 0 aliphatic carbocycles. The van der Waals surface area contributed by atoms with Crippen molar-refractivity contribution in [3.63, 3.8) is 0 Å². The van der Waals surface area contributed by atoms with Gasteiger partial charge < -0.3 is 10.2 Å². The summed E-state index contributed by atoms with van der Waals surface area (Å²) in [5, 5.41) is 17.3. The van der Waals surface area contributed by atoms with Crippen LogP contribution < -0.4 is 0 Å². The van der Waals surface area contributed by atoms with Crippen LogP contribution >= 0.6 is 0 Å². The van der Waals surface area contributed by atoms with Gasteiger partial charge in [-0.05, 0) is 12.5 Å². The van der Waals surface area contributed by atoms with Crippen molar-refractivity contribution in [3.8, 4) is 0 Å². The number of rotatable bonds is 5. The van der Waals surface area contributed by atoms with E-state index in [4.69, 9.17) is 10.2 Å². The van der Waals surface area contributed by atoms with Crippen molar-refractivity contribution in [1.82, 2.24) is 0 Å². The first kappa shape index (κ1) is 12.6. The van der Waals surface area contributed by atoms with Crippen LogP contribution in [0.2, 0.25) is 0 Å². The highest BCUT2D eigenvalue weighted by molar-refractivity contribution is 5.82. The van der Waals surface area contributed by atoms with Crippen LogP contribution in [-0.4, -0.2) is 28.5 Å². The molecular formula is C10H13FO3. The first-order valence-electron chi connectivity index (χ1n) is 4.02. The number of aliphatic carboxylic acids is 1. The van der Waals surface area contributed by atoms with Crippen LogP contribution in [-0.2, 0) is 4.79 Å². The largest absolute Gasteiger partial charge is 0.479 e. The SMILES string of the molecule is C=C/C=C\C(=C/C)C(F)(CO)C(=O)O. The van der Waals surface area contributed by atoms with E-state index in [1.165, 1.54) is 31.2 Å². The summed E-state index contributed by atoms with van der Waals surface area (Å²) in [4.78, 5) is 10.6. The molecule has 0 saturated carbocycles. The number of carboxylic acids is 1. The third-order valence-corrected chi connectivity index (χ3v) is 1.74. The second-order valence-corrected chi connectivity index (χ2v) is 2.60. The minimum atomic E-state index is -2.74. The predicted molar refractivity (Wildman–Crippen MR) is 51.7 cm³/mol. The van der Waals surface area contributed by atoms with Crippen molar-refractivity contribution in [2.45, 2.75) is 12.6 Å². The van der Waals surface area contributed by atoms with Gasteiger partial charge in [-0.3, -0.25) is 0 Å². The number of aliphatic hydroxyl groups is 1. The molecule has 0 rings (SSSR count). The molecular weight excluding hydrogens is 187 g/mol. The number of hydrogen-bond acceptors (Lipinski definition) is 2. The molecule has 1 atom stereocenters. The fraction of sp³-hybridized carbons (Fsp3) is 0.300. The molecule has 4 heteroatoms. The average Bonchev–Trinajstić information content (AvgIpc) is 2.18. The van der Waals surface area contributed by atoms with Gasteiger partial charge in [0.2, 0.25) is 0 Å². The predicted octanol–water partition coefficient (Wildman–Crippen LogP) is 1.46. The van der Waals surface area contributed by atoms with E-state index in [1.54, 1.807) is 0 Å². The Bertz CT molecular complexity index is 281. The molecule has 2 N–H and O–H groups in total. The molecule has 0 amide bonds. The Morgan fingerprint density at radius 1 is 1.64 bits per heavy atom. The molecule has 14 heavy (non-hydrogen) atoms. The van der Waals surface area contributed by atoms with Gasteiger partial charge in [0, 0.05) is 0 Å². The summed E-state index contributed by atoms with van der Waals surface area (Å²) in [5.74, 6) is -1.71. The lowest BCUT2D eigenvalue weighted by molar-refractivity contribution is -0.150. The zero-order valence-electron chi connectivity index (χ0n) is 7.90. The lowest BCUT2D eigenvalue weighted by atomic mass is 9.96. The Hall–Kier alpha value is -1.42. The third-order valence-electron chi connectivity index (χ3n) is 1.74. The molecule has 78 valence electrons. The van der Waals surface area contributed by atoms with E-state index in [9.17, 15) is 9.18 Å². The topological polar surface area (TPSA) is 57.5 Å². The molecule has 0 radical (unpaired) electrons. The number of aliphatic hydroxyl groups excluding tert-OH is 1. The molecule has 0 saturated heterocycles. The van der Waals surface area contributed by atoms with Crippen LogP contribution in [0.4, 0.5) is 4.39 Å². The van der Waals surface area contributed by atoms with Gasteiger partial charge >= 0.3 is 5.97 Å².